The number of aromatic nitrogens is 2. The fraction of sp³-hybridized carbons (Fsp3) is 0.342. The minimum atomic E-state index is -4.00. The second-order valence-corrected chi connectivity index (χ2v) is 15.0. The van der Waals surface area contributed by atoms with Crippen LogP contribution >= 0.6 is 7.82 Å². The van der Waals surface area contributed by atoms with Crippen LogP contribution in [0.1, 0.15) is 64.6 Å². The van der Waals surface area contributed by atoms with Gasteiger partial charge in [0.05, 0.1) is 24.9 Å². The van der Waals surface area contributed by atoms with Crippen molar-refractivity contribution in [1.82, 2.24) is 14.9 Å². The Hall–Kier alpha value is -5.42. The van der Waals surface area contributed by atoms with Crippen LogP contribution in [0.3, 0.4) is 0 Å². The van der Waals surface area contributed by atoms with Crippen molar-refractivity contribution in [2.75, 3.05) is 26.9 Å². The zero-order chi connectivity index (χ0) is 40.1. The number of amides is 1. The number of carbonyl (C=O) groups excluding carboxylic acids is 1. The molecule has 3 heterocycles. The number of phosphoric acid groups is 1. The molecule has 2 aromatic carbocycles. The van der Waals surface area contributed by atoms with Gasteiger partial charge in [-0.25, -0.2) is 14.2 Å². The summed E-state index contributed by atoms with van der Waals surface area (Å²) in [6.07, 6.45) is 0.912. The van der Waals surface area contributed by atoms with Crippen molar-refractivity contribution >= 4 is 30.7 Å². The second kappa shape index (κ2) is 17.2. The zero-order valence-corrected chi connectivity index (χ0v) is 31.3. The summed E-state index contributed by atoms with van der Waals surface area (Å²) >= 11 is 0. The second-order valence-electron chi connectivity index (χ2n) is 13.2. The summed E-state index contributed by atoms with van der Waals surface area (Å²) in [5.41, 5.74) is 0.213. The number of aliphatic hydroxyl groups excluding tert-OH is 1. The summed E-state index contributed by atoms with van der Waals surface area (Å²) in [6, 6.07) is 12.7. The average Bonchev–Trinajstić information content (AvgIpc) is 3.54. The number of phosphoric ester groups is 1. The Labute approximate surface area is 318 Å². The standard InChI is InChI=1S/C38H40N3O14P/c1-21-19-41(38(49)40-35(21)45)33-18-29(44)32(55-33)20-53-56(50,51-2)52-14-6-4-3-5-13-39-36(46)22-7-10-25(37(47)48)28(15-22)34-26-11-8-23(42)16-30(26)54-31-17-24(43)9-12-27(31)34/h7-12,15-17,19,29,32-33,42,44H,3-6,13-14,18,20H2,1-2H3,(H,39,46)(H,47,48)(H,40,45,49)/t29-,32-,33-,56?/m1/s1. The Morgan fingerprint density at radius 1 is 1.00 bits per heavy atom. The number of nitrogens with zero attached hydrogens (tertiary/aromatic N) is 1. The molecule has 4 atom stereocenters. The number of ether oxygens (including phenoxy) is 1. The third-order valence-electron chi connectivity index (χ3n) is 9.35. The monoisotopic (exact) mass is 793 g/mol. The molecule has 0 bridgehead atoms. The van der Waals surface area contributed by atoms with Gasteiger partial charge in [0.1, 0.15) is 29.4 Å². The number of aryl methyl sites for hydroxylation is 1. The molecule has 17 nitrogen and oxygen atoms in total. The van der Waals surface area contributed by atoms with Crippen LogP contribution in [-0.2, 0) is 22.9 Å². The molecule has 1 aromatic heterocycles. The Balaban J connectivity index is 0.992. The van der Waals surface area contributed by atoms with E-state index >= 15 is 0 Å². The summed E-state index contributed by atoms with van der Waals surface area (Å²) in [6.45, 7) is 1.53. The van der Waals surface area contributed by atoms with Gasteiger partial charge in [-0.2, -0.15) is 0 Å². The van der Waals surface area contributed by atoms with E-state index in [9.17, 15) is 43.9 Å². The number of rotatable bonds is 16. The van der Waals surface area contributed by atoms with Crippen molar-refractivity contribution in [2.24, 2.45) is 0 Å². The van der Waals surface area contributed by atoms with Gasteiger partial charge in [-0.15, -0.1) is 0 Å². The lowest BCUT2D eigenvalue weighted by atomic mass is 9.89. The van der Waals surface area contributed by atoms with E-state index < -0.39 is 49.4 Å². The Bertz CT molecular complexity index is 2460. The fourth-order valence-electron chi connectivity index (χ4n) is 6.43. The molecule has 1 amide bonds. The van der Waals surface area contributed by atoms with Crippen molar-refractivity contribution in [3.63, 3.8) is 0 Å². The number of carboxylic acid groups (broad SMARTS) is 1. The molecule has 0 radical (unpaired) electrons. The predicted molar refractivity (Wildman–Crippen MR) is 201 cm³/mol. The van der Waals surface area contributed by atoms with Crippen LogP contribution in [0.4, 0.5) is 0 Å². The molecule has 3 aliphatic rings. The molecule has 2 aliphatic heterocycles. The number of nitrogens with one attached hydrogen (secondary N) is 2. The summed E-state index contributed by atoms with van der Waals surface area (Å²) in [5.74, 6) is -1.55. The summed E-state index contributed by atoms with van der Waals surface area (Å²) in [5, 5.41) is 33.9. The highest BCUT2D eigenvalue weighted by Crippen LogP contribution is 2.49. The van der Waals surface area contributed by atoms with Crippen molar-refractivity contribution in [3.05, 3.63) is 109 Å². The number of hydrogen-bond acceptors (Lipinski definition) is 13. The van der Waals surface area contributed by atoms with E-state index in [1.807, 2.05) is 0 Å². The number of aromatic carboxylic acids is 1. The van der Waals surface area contributed by atoms with E-state index in [2.05, 4.69) is 10.3 Å². The highest BCUT2D eigenvalue weighted by molar-refractivity contribution is 7.48. The maximum Gasteiger partial charge on any atom is 0.474 e. The molecule has 5 N–H and O–H groups in total. The average molecular weight is 794 g/mol. The van der Waals surface area contributed by atoms with Crippen molar-refractivity contribution in [2.45, 2.75) is 57.5 Å². The molecule has 0 saturated carbocycles. The first-order chi connectivity index (χ1) is 26.8. The number of unbranched alkanes of at least 4 members (excludes halogenated alkanes) is 3. The number of H-pyrrole nitrogens is 1. The molecule has 18 heteroatoms. The van der Waals surface area contributed by atoms with Crippen molar-refractivity contribution < 1.29 is 52.2 Å². The molecular formula is C38H40N3O14P. The largest absolute Gasteiger partial charge is 0.508 e. The first-order valence-electron chi connectivity index (χ1n) is 17.7. The van der Waals surface area contributed by atoms with E-state index in [4.69, 9.17) is 22.7 Å². The zero-order valence-electron chi connectivity index (χ0n) is 30.4. The van der Waals surface area contributed by atoms with Gasteiger partial charge in [-0.1, -0.05) is 12.8 Å². The molecule has 296 valence electrons. The lowest BCUT2D eigenvalue weighted by Gasteiger charge is -2.20. The summed E-state index contributed by atoms with van der Waals surface area (Å²) in [4.78, 5) is 63.8. The molecule has 1 saturated heterocycles. The number of benzene rings is 3. The smallest absolute Gasteiger partial charge is 0.474 e. The highest BCUT2D eigenvalue weighted by Gasteiger charge is 2.38. The molecule has 56 heavy (non-hydrogen) atoms. The molecule has 1 fully saturated rings. The third kappa shape index (κ3) is 8.99. The summed E-state index contributed by atoms with van der Waals surface area (Å²) < 4.78 is 41.6. The number of phenols is 1. The number of aromatic amines is 1. The lowest BCUT2D eigenvalue weighted by molar-refractivity contribution is -0.0474. The fourth-order valence-corrected chi connectivity index (χ4v) is 7.40. The Kier molecular flexibility index (Phi) is 12.3. The SMILES string of the molecule is COP(=O)(OCCCCCCNC(=O)c1ccc(C(=O)O)c(-c2c3ccc(=O)cc-3oc3cc(O)ccc23)c1)OC[C@H]1O[C@@H](n2cc(C)c(=O)[nH]c2=O)C[C@H]1O. The molecule has 6 rings (SSSR count). The van der Waals surface area contributed by atoms with E-state index in [1.54, 1.807) is 6.07 Å². The minimum absolute atomic E-state index is 0.0325. The number of aromatic hydroxyl groups is 1. The maximum atomic E-state index is 13.2. The van der Waals surface area contributed by atoms with Gasteiger partial charge in [0.25, 0.3) is 11.5 Å². The topological polar surface area (TPSA) is 246 Å². The number of aliphatic hydroxyl groups is 1. The first kappa shape index (κ1) is 40.2. The van der Waals surface area contributed by atoms with Crippen LogP contribution in [0.15, 0.2) is 79.6 Å². The van der Waals surface area contributed by atoms with Gasteiger partial charge < -0.3 is 29.8 Å². The summed E-state index contributed by atoms with van der Waals surface area (Å²) in [7, 11) is -2.84. The van der Waals surface area contributed by atoms with E-state index in [0.29, 0.717) is 54.3 Å². The van der Waals surface area contributed by atoms with E-state index in [1.165, 1.54) is 66.2 Å². The lowest BCUT2D eigenvalue weighted by Crippen LogP contribution is -2.33. The van der Waals surface area contributed by atoms with Crippen LogP contribution in [0.25, 0.3) is 33.4 Å². The molecule has 0 spiro atoms. The third-order valence-corrected chi connectivity index (χ3v) is 10.8. The van der Waals surface area contributed by atoms with Crippen LogP contribution in [0.5, 0.6) is 5.75 Å². The minimum Gasteiger partial charge on any atom is -0.508 e. The number of carbonyl (C=O) groups is 2. The van der Waals surface area contributed by atoms with Crippen molar-refractivity contribution in [1.29, 1.82) is 0 Å². The van der Waals surface area contributed by atoms with E-state index in [0.717, 1.165) is 7.11 Å². The van der Waals surface area contributed by atoms with E-state index in [-0.39, 0.29) is 58.8 Å². The van der Waals surface area contributed by atoms with Gasteiger partial charge in [-0.05, 0) is 67.8 Å². The quantitative estimate of drug-likeness (QED) is 0.0523. The van der Waals surface area contributed by atoms with Gasteiger partial charge in [0.2, 0.25) is 0 Å². The number of phenolic OH excluding ortho intramolecular Hbond substituents is 1. The van der Waals surface area contributed by atoms with Crippen LogP contribution in [0.2, 0.25) is 0 Å². The highest BCUT2D eigenvalue weighted by atomic mass is 31.2. The van der Waals surface area contributed by atoms with Crippen molar-refractivity contribution in [3.8, 4) is 28.2 Å². The van der Waals surface area contributed by atoms with Gasteiger partial charge in [-0.3, -0.25) is 37.5 Å². The molecule has 1 unspecified atom stereocenters. The van der Waals surface area contributed by atoms with Gasteiger partial charge in [0, 0.05) is 66.0 Å². The van der Waals surface area contributed by atoms with Crippen LogP contribution in [-0.4, -0.2) is 75.8 Å². The van der Waals surface area contributed by atoms with Gasteiger partial charge >= 0.3 is 19.5 Å². The van der Waals surface area contributed by atoms with Crippen LogP contribution < -0.4 is 22.0 Å². The molecule has 1 aliphatic carbocycles. The predicted octanol–water partition coefficient (Wildman–Crippen LogP) is 4.55. The maximum absolute atomic E-state index is 13.2. The number of carboxylic acids is 1. The Morgan fingerprint density at radius 3 is 2.55 bits per heavy atom. The molecule has 3 aromatic rings. The first-order valence-corrected chi connectivity index (χ1v) is 19.2. The Morgan fingerprint density at radius 2 is 1.79 bits per heavy atom. The van der Waals surface area contributed by atoms with Crippen LogP contribution in [0, 0.1) is 6.92 Å². The normalized spacial score (nSPS) is 17.9. The van der Waals surface area contributed by atoms with Gasteiger partial charge in [0.15, 0.2) is 5.43 Å². The molecular weight excluding hydrogens is 753 g/mol. The number of hydrogen-bond donors (Lipinski definition) is 5. The number of fused-ring (bicyclic) bond motifs is 2.